The molecule has 39 heavy (non-hydrogen) atoms. The van der Waals surface area contributed by atoms with E-state index in [2.05, 4.69) is 15.3 Å². The number of ether oxygens (including phenoxy) is 1. The molecule has 4 rings (SSSR count). The first-order valence-corrected chi connectivity index (χ1v) is 12.3. The Morgan fingerprint density at radius 2 is 1.79 bits per heavy atom. The molecule has 0 aliphatic rings. The molecule has 4 aromatic rings. The zero-order valence-electron chi connectivity index (χ0n) is 22.1. The second-order valence-electron chi connectivity index (χ2n) is 9.94. The molecule has 2 aromatic heterocycles. The topological polar surface area (TPSA) is 146 Å². The Morgan fingerprint density at radius 3 is 2.46 bits per heavy atom. The summed E-state index contributed by atoms with van der Waals surface area (Å²) >= 11 is 0. The maximum Gasteiger partial charge on any atom is 0.396 e. The van der Waals surface area contributed by atoms with Gasteiger partial charge in [-0.1, -0.05) is 51.1 Å². The fraction of sp³-hybridized carbons (Fsp3) is 0.333. The number of rotatable bonds is 8. The van der Waals surface area contributed by atoms with Crippen LogP contribution in [0.5, 0.6) is 0 Å². The van der Waals surface area contributed by atoms with Crippen LogP contribution in [-0.2, 0) is 22.6 Å². The Morgan fingerprint density at radius 1 is 1.10 bits per heavy atom. The summed E-state index contributed by atoms with van der Waals surface area (Å²) in [7, 11) is 0. The van der Waals surface area contributed by atoms with Crippen LogP contribution in [0.3, 0.4) is 0 Å². The number of imide groups is 1. The van der Waals surface area contributed by atoms with Crippen molar-refractivity contribution in [3.8, 4) is 0 Å². The number of carbonyl (C=O) groups excluding carboxylic acids is 3. The number of amides is 2. The van der Waals surface area contributed by atoms with Crippen molar-refractivity contribution in [2.45, 2.75) is 46.8 Å². The molecule has 0 saturated carbocycles. The number of hydrogen-bond donors (Lipinski definition) is 1. The Balaban J connectivity index is 1.73. The Kier molecular flexibility index (Phi) is 7.86. The van der Waals surface area contributed by atoms with Gasteiger partial charge in [0.15, 0.2) is 5.69 Å². The smallest absolute Gasteiger partial charge is 0.396 e. The van der Waals surface area contributed by atoms with Crippen molar-refractivity contribution in [3.63, 3.8) is 0 Å². The molecule has 0 fully saturated rings. The van der Waals surface area contributed by atoms with Crippen molar-refractivity contribution >= 4 is 28.7 Å². The predicted octanol–water partition coefficient (Wildman–Crippen LogP) is 3.33. The monoisotopic (exact) mass is 536 g/mol. The van der Waals surface area contributed by atoms with E-state index in [0.29, 0.717) is 10.9 Å². The summed E-state index contributed by atoms with van der Waals surface area (Å²) < 4.78 is 25.2. The van der Waals surface area contributed by atoms with E-state index in [1.54, 1.807) is 68.8 Å². The second kappa shape index (κ2) is 11.1. The molecule has 0 aliphatic carbocycles. The average Bonchev–Trinajstić information content (AvgIpc) is 3.52. The van der Waals surface area contributed by atoms with Gasteiger partial charge in [-0.05, 0) is 36.1 Å². The van der Waals surface area contributed by atoms with Crippen LogP contribution < -0.4 is 5.73 Å². The highest BCUT2D eigenvalue weighted by atomic mass is 19.1. The SMILES string of the molecule is CCOC(=O)c1nnc(CN(C(=O)c2nn(Cc3ccc(F)cc3)c3ccccc23)C(=O)[C@@H](N)C(C)(C)C)o1. The second-order valence-corrected chi connectivity index (χ2v) is 9.94. The minimum atomic E-state index is -1.05. The Hall–Kier alpha value is -4.45. The molecular weight excluding hydrogens is 507 g/mol. The van der Waals surface area contributed by atoms with Crippen molar-refractivity contribution in [2.24, 2.45) is 11.1 Å². The largest absolute Gasteiger partial charge is 0.459 e. The zero-order valence-corrected chi connectivity index (χ0v) is 22.1. The quantitative estimate of drug-likeness (QED) is 0.335. The number of para-hydroxylation sites is 1. The number of benzene rings is 2. The van der Waals surface area contributed by atoms with E-state index in [-0.39, 0.29) is 30.6 Å². The third-order valence-corrected chi connectivity index (χ3v) is 6.03. The van der Waals surface area contributed by atoms with Gasteiger partial charge in [-0.3, -0.25) is 19.2 Å². The summed E-state index contributed by atoms with van der Waals surface area (Å²) in [6.45, 7) is 6.88. The predicted molar refractivity (Wildman–Crippen MR) is 138 cm³/mol. The third-order valence-electron chi connectivity index (χ3n) is 6.03. The standard InChI is InChI=1S/C27H29FN6O5/c1-5-38-26(37)23-31-30-20(39-23)15-33(25(36)22(29)27(2,3)4)24(35)21-18-8-6-7-9-19(18)34(32-21)14-16-10-12-17(28)13-11-16/h6-13,22H,5,14-15,29H2,1-4H3/t22-/m1/s1. The van der Waals surface area contributed by atoms with Gasteiger partial charge < -0.3 is 14.9 Å². The zero-order chi connectivity index (χ0) is 28.3. The van der Waals surface area contributed by atoms with Gasteiger partial charge in [0.25, 0.3) is 5.91 Å². The lowest BCUT2D eigenvalue weighted by Gasteiger charge is -2.30. The van der Waals surface area contributed by atoms with Crippen LogP contribution >= 0.6 is 0 Å². The fourth-order valence-electron chi connectivity index (χ4n) is 3.81. The van der Waals surface area contributed by atoms with Crippen LogP contribution in [0.2, 0.25) is 0 Å². The molecule has 2 aromatic carbocycles. The summed E-state index contributed by atoms with van der Waals surface area (Å²) in [6.07, 6.45) is 0. The highest BCUT2D eigenvalue weighted by molar-refractivity contribution is 6.11. The lowest BCUT2D eigenvalue weighted by molar-refractivity contribution is -0.133. The normalized spacial score (nSPS) is 12.4. The first-order valence-electron chi connectivity index (χ1n) is 12.3. The van der Waals surface area contributed by atoms with Crippen LogP contribution in [-0.4, -0.2) is 55.3 Å². The molecule has 2 N–H and O–H groups in total. The maximum atomic E-state index is 13.9. The van der Waals surface area contributed by atoms with Crippen LogP contribution in [0.15, 0.2) is 52.9 Å². The van der Waals surface area contributed by atoms with Crippen LogP contribution in [0, 0.1) is 11.2 Å². The number of carbonyl (C=O) groups is 3. The minimum Gasteiger partial charge on any atom is -0.459 e. The van der Waals surface area contributed by atoms with Crippen molar-refractivity contribution in [1.82, 2.24) is 24.9 Å². The molecule has 0 aliphatic heterocycles. The molecule has 204 valence electrons. The van der Waals surface area contributed by atoms with E-state index >= 15 is 0 Å². The van der Waals surface area contributed by atoms with Crippen LogP contribution in [0.4, 0.5) is 4.39 Å². The summed E-state index contributed by atoms with van der Waals surface area (Å²) in [5, 5.41) is 12.5. The van der Waals surface area contributed by atoms with Crippen molar-refractivity contribution in [3.05, 3.63) is 77.4 Å². The number of nitrogens with zero attached hydrogens (tertiary/aromatic N) is 5. The number of nitrogens with two attached hydrogens (primary N) is 1. The molecular formula is C27H29FN6O5. The van der Waals surface area contributed by atoms with Crippen molar-refractivity contribution in [1.29, 1.82) is 0 Å². The molecule has 0 saturated heterocycles. The summed E-state index contributed by atoms with van der Waals surface area (Å²) in [5.41, 5.74) is 6.99. The summed E-state index contributed by atoms with van der Waals surface area (Å²) in [6, 6.07) is 11.9. The number of aromatic nitrogens is 4. The van der Waals surface area contributed by atoms with Gasteiger partial charge in [-0.15, -0.1) is 10.2 Å². The number of halogens is 1. The van der Waals surface area contributed by atoms with Gasteiger partial charge in [-0.25, -0.2) is 9.18 Å². The molecule has 0 radical (unpaired) electrons. The molecule has 11 nitrogen and oxygen atoms in total. The Labute approximate surface area is 223 Å². The van der Waals surface area contributed by atoms with Crippen LogP contribution in [0.25, 0.3) is 10.9 Å². The van der Waals surface area contributed by atoms with E-state index in [0.717, 1.165) is 10.5 Å². The van der Waals surface area contributed by atoms with E-state index in [4.69, 9.17) is 14.9 Å². The summed E-state index contributed by atoms with van der Waals surface area (Å²) in [4.78, 5) is 40.3. The van der Waals surface area contributed by atoms with Gasteiger partial charge in [0, 0.05) is 5.39 Å². The lowest BCUT2D eigenvalue weighted by atomic mass is 9.86. The molecule has 12 heteroatoms. The first-order chi connectivity index (χ1) is 18.5. The van der Waals surface area contributed by atoms with Crippen molar-refractivity contribution in [2.75, 3.05) is 6.61 Å². The molecule has 0 unspecified atom stereocenters. The highest BCUT2D eigenvalue weighted by Crippen LogP contribution is 2.25. The van der Waals surface area contributed by atoms with Gasteiger partial charge in [0.1, 0.15) is 12.4 Å². The Bertz CT molecular complexity index is 1510. The summed E-state index contributed by atoms with van der Waals surface area (Å²) in [5.74, 6) is -3.16. The lowest BCUT2D eigenvalue weighted by Crippen LogP contribution is -2.52. The van der Waals surface area contributed by atoms with Gasteiger partial charge in [0.05, 0.1) is 24.7 Å². The van der Waals surface area contributed by atoms with Gasteiger partial charge in [0.2, 0.25) is 11.8 Å². The van der Waals surface area contributed by atoms with Crippen molar-refractivity contribution < 1.29 is 27.9 Å². The molecule has 1 atom stereocenters. The van der Waals surface area contributed by atoms with Crippen LogP contribution in [0.1, 0.15) is 60.3 Å². The molecule has 0 bridgehead atoms. The minimum absolute atomic E-state index is 0.00676. The van der Waals surface area contributed by atoms with Gasteiger partial charge >= 0.3 is 11.9 Å². The first kappa shape index (κ1) is 27.6. The van der Waals surface area contributed by atoms with E-state index in [1.807, 2.05) is 0 Å². The van der Waals surface area contributed by atoms with E-state index in [9.17, 15) is 18.8 Å². The molecule has 2 heterocycles. The average molecular weight is 537 g/mol. The highest BCUT2D eigenvalue weighted by Gasteiger charge is 2.37. The number of hydrogen-bond acceptors (Lipinski definition) is 9. The number of fused-ring (bicyclic) bond motifs is 1. The maximum absolute atomic E-state index is 13.9. The van der Waals surface area contributed by atoms with Gasteiger partial charge in [-0.2, -0.15) is 5.10 Å². The molecule has 2 amide bonds. The number of esters is 1. The third kappa shape index (κ3) is 6.01. The fourth-order valence-corrected chi connectivity index (χ4v) is 3.81. The molecule has 0 spiro atoms. The van der Waals surface area contributed by atoms with E-state index < -0.39 is 41.7 Å². The van der Waals surface area contributed by atoms with E-state index in [1.165, 1.54) is 12.1 Å².